The zero-order chi connectivity index (χ0) is 21.0. The number of sulfonamides is 1. The Balaban J connectivity index is 1.72. The van der Waals surface area contributed by atoms with Crippen LogP contribution in [0.2, 0.25) is 5.02 Å². The fourth-order valence-electron chi connectivity index (χ4n) is 2.50. The summed E-state index contributed by atoms with van der Waals surface area (Å²) < 4.78 is 27.6. The van der Waals surface area contributed by atoms with Crippen molar-refractivity contribution in [2.24, 2.45) is 5.14 Å². The highest BCUT2D eigenvalue weighted by Crippen LogP contribution is 2.26. The number of primary sulfonamides is 1. The molecular weight excluding hydrogens is 418 g/mol. The van der Waals surface area contributed by atoms with Gasteiger partial charge in [-0.15, -0.1) is 0 Å². The summed E-state index contributed by atoms with van der Waals surface area (Å²) in [5.74, 6) is -0.757. The number of nitrogens with two attached hydrogens (primary N) is 1. The zero-order valence-corrected chi connectivity index (χ0v) is 16.5. The molecule has 0 fully saturated rings. The molecular formula is C19H16ClN3O5S. The summed E-state index contributed by atoms with van der Waals surface area (Å²) in [6.45, 7) is 0. The van der Waals surface area contributed by atoms with E-state index in [0.717, 1.165) is 0 Å². The van der Waals surface area contributed by atoms with Crippen LogP contribution >= 0.6 is 11.6 Å². The van der Waals surface area contributed by atoms with Crippen LogP contribution in [-0.2, 0) is 21.2 Å². The molecule has 0 saturated carbocycles. The number of nitrogens with one attached hydrogen (secondary N) is 2. The summed E-state index contributed by atoms with van der Waals surface area (Å²) >= 11 is 6.00. The molecule has 2 aromatic carbocycles. The van der Waals surface area contributed by atoms with Gasteiger partial charge < -0.3 is 15.1 Å². The Morgan fingerprint density at radius 3 is 2.34 bits per heavy atom. The number of carbonyl (C=O) groups excluding carboxylic acids is 2. The van der Waals surface area contributed by atoms with E-state index in [4.69, 9.17) is 21.2 Å². The van der Waals surface area contributed by atoms with Gasteiger partial charge in [0.2, 0.25) is 15.9 Å². The summed E-state index contributed by atoms with van der Waals surface area (Å²) in [6, 6.07) is 13.4. The van der Waals surface area contributed by atoms with Crippen molar-refractivity contribution in [1.29, 1.82) is 0 Å². The minimum atomic E-state index is -3.80. The maximum Gasteiger partial charge on any atom is 0.291 e. The molecule has 8 nitrogen and oxygen atoms in total. The quantitative estimate of drug-likeness (QED) is 0.549. The third-order valence-corrected chi connectivity index (χ3v) is 5.03. The number of benzene rings is 2. The molecule has 3 rings (SSSR count). The van der Waals surface area contributed by atoms with Crippen LogP contribution in [0.5, 0.6) is 0 Å². The van der Waals surface area contributed by atoms with E-state index in [1.807, 2.05) is 0 Å². The Morgan fingerprint density at radius 1 is 1.00 bits per heavy atom. The molecule has 0 radical (unpaired) electrons. The van der Waals surface area contributed by atoms with Crippen LogP contribution in [0.1, 0.15) is 16.1 Å². The van der Waals surface area contributed by atoms with E-state index < -0.39 is 15.9 Å². The molecule has 0 saturated heterocycles. The van der Waals surface area contributed by atoms with E-state index in [0.29, 0.717) is 22.0 Å². The molecule has 2 amide bonds. The molecule has 0 atom stereocenters. The van der Waals surface area contributed by atoms with E-state index >= 15 is 0 Å². The highest BCUT2D eigenvalue weighted by molar-refractivity contribution is 7.89. The molecule has 0 unspecified atom stereocenters. The van der Waals surface area contributed by atoms with E-state index in [-0.39, 0.29) is 23.0 Å². The first kappa shape index (κ1) is 20.6. The van der Waals surface area contributed by atoms with Gasteiger partial charge in [-0.3, -0.25) is 9.59 Å². The molecule has 0 aliphatic rings. The second kappa shape index (κ2) is 8.48. The van der Waals surface area contributed by atoms with Crippen molar-refractivity contribution in [1.82, 2.24) is 0 Å². The number of furan rings is 1. The topological polar surface area (TPSA) is 132 Å². The fourth-order valence-corrected chi connectivity index (χ4v) is 3.18. The number of halogens is 1. The number of amides is 2. The lowest BCUT2D eigenvalue weighted by Crippen LogP contribution is -2.18. The van der Waals surface area contributed by atoms with Crippen LogP contribution in [-0.4, -0.2) is 20.2 Å². The first-order valence-electron chi connectivity index (χ1n) is 8.28. The number of carbonyl (C=O) groups is 2. The summed E-state index contributed by atoms with van der Waals surface area (Å²) in [4.78, 5) is 24.6. The first-order chi connectivity index (χ1) is 13.7. The zero-order valence-electron chi connectivity index (χ0n) is 14.9. The van der Waals surface area contributed by atoms with Crippen molar-refractivity contribution in [3.8, 4) is 0 Å². The lowest BCUT2D eigenvalue weighted by Gasteiger charge is -2.12. The number of hydrogen-bond donors (Lipinski definition) is 3. The van der Waals surface area contributed by atoms with Crippen LogP contribution in [0.3, 0.4) is 0 Å². The van der Waals surface area contributed by atoms with Gasteiger partial charge in [-0.25, -0.2) is 13.6 Å². The molecule has 0 aliphatic heterocycles. The molecule has 0 spiro atoms. The standard InChI is InChI=1S/C19H16ClN3O5S/c20-13-5-8-15(16(11-13)23-19(25)17-2-1-9-28-17)22-18(24)10-12-3-6-14(7-4-12)29(21,26)27/h1-9,11H,10H2,(H,22,24)(H,23,25)(H2,21,26,27). The van der Waals surface area contributed by atoms with Crippen LogP contribution in [0.4, 0.5) is 11.4 Å². The summed E-state index contributed by atoms with van der Waals surface area (Å²) in [7, 11) is -3.80. The summed E-state index contributed by atoms with van der Waals surface area (Å²) in [5.41, 5.74) is 1.24. The van der Waals surface area contributed by atoms with Crippen LogP contribution in [0.25, 0.3) is 0 Å². The first-order valence-corrected chi connectivity index (χ1v) is 10.2. The van der Waals surface area contributed by atoms with Gasteiger partial charge in [0.25, 0.3) is 5.91 Å². The average molecular weight is 434 g/mol. The third kappa shape index (κ3) is 5.44. The fraction of sp³-hybridized carbons (Fsp3) is 0.0526. The monoisotopic (exact) mass is 433 g/mol. The molecule has 4 N–H and O–H groups in total. The van der Waals surface area contributed by atoms with Gasteiger partial charge in [0.1, 0.15) is 0 Å². The maximum atomic E-state index is 12.4. The summed E-state index contributed by atoms with van der Waals surface area (Å²) in [5, 5.41) is 10.8. The lowest BCUT2D eigenvalue weighted by molar-refractivity contribution is -0.115. The van der Waals surface area contributed by atoms with Gasteiger partial charge in [0, 0.05) is 5.02 Å². The Hall–Kier alpha value is -3.14. The van der Waals surface area contributed by atoms with E-state index in [9.17, 15) is 18.0 Å². The second-order valence-electron chi connectivity index (χ2n) is 6.04. The van der Waals surface area contributed by atoms with Crippen molar-refractivity contribution in [2.75, 3.05) is 10.6 Å². The second-order valence-corrected chi connectivity index (χ2v) is 8.03. The van der Waals surface area contributed by atoms with Gasteiger partial charge >= 0.3 is 0 Å². The molecule has 0 aliphatic carbocycles. The van der Waals surface area contributed by atoms with Crippen molar-refractivity contribution < 1.29 is 22.4 Å². The van der Waals surface area contributed by atoms with Gasteiger partial charge in [-0.05, 0) is 48.0 Å². The highest BCUT2D eigenvalue weighted by atomic mass is 35.5. The van der Waals surface area contributed by atoms with Crippen molar-refractivity contribution in [3.05, 3.63) is 77.2 Å². The number of anilines is 2. The van der Waals surface area contributed by atoms with Crippen molar-refractivity contribution in [2.45, 2.75) is 11.3 Å². The molecule has 1 aromatic heterocycles. The number of hydrogen-bond acceptors (Lipinski definition) is 5. The normalized spacial score (nSPS) is 11.1. The molecule has 1 heterocycles. The molecule has 3 aromatic rings. The minimum Gasteiger partial charge on any atom is -0.459 e. The SMILES string of the molecule is NS(=O)(=O)c1ccc(CC(=O)Nc2ccc(Cl)cc2NC(=O)c2ccco2)cc1. The van der Waals surface area contributed by atoms with Gasteiger partial charge in [-0.2, -0.15) is 0 Å². The molecule has 29 heavy (non-hydrogen) atoms. The Kier molecular flexibility index (Phi) is 6.02. The smallest absolute Gasteiger partial charge is 0.291 e. The van der Waals surface area contributed by atoms with Crippen molar-refractivity contribution in [3.63, 3.8) is 0 Å². The minimum absolute atomic E-state index is 0.0148. The van der Waals surface area contributed by atoms with Crippen LogP contribution < -0.4 is 15.8 Å². The van der Waals surface area contributed by atoms with Crippen LogP contribution in [0.15, 0.2) is 70.2 Å². The Labute approximate surface area is 171 Å². The average Bonchev–Trinajstić information content (AvgIpc) is 3.18. The molecule has 150 valence electrons. The molecule has 0 bridgehead atoms. The molecule has 10 heteroatoms. The van der Waals surface area contributed by atoms with E-state index in [1.54, 1.807) is 18.2 Å². The highest BCUT2D eigenvalue weighted by Gasteiger charge is 2.14. The van der Waals surface area contributed by atoms with Crippen LogP contribution in [0, 0.1) is 0 Å². The van der Waals surface area contributed by atoms with Gasteiger partial charge in [0.05, 0.1) is 29.0 Å². The van der Waals surface area contributed by atoms with E-state index in [1.165, 1.54) is 42.7 Å². The van der Waals surface area contributed by atoms with Gasteiger partial charge in [-0.1, -0.05) is 23.7 Å². The Bertz CT molecular complexity index is 1140. The van der Waals surface area contributed by atoms with E-state index in [2.05, 4.69) is 10.6 Å². The lowest BCUT2D eigenvalue weighted by atomic mass is 10.1. The maximum absolute atomic E-state index is 12.4. The predicted molar refractivity (Wildman–Crippen MR) is 108 cm³/mol. The number of rotatable bonds is 6. The van der Waals surface area contributed by atoms with Gasteiger partial charge in [0.15, 0.2) is 5.76 Å². The summed E-state index contributed by atoms with van der Waals surface area (Å²) in [6.07, 6.45) is 1.36. The Morgan fingerprint density at radius 2 is 1.72 bits per heavy atom. The van der Waals surface area contributed by atoms with Crippen molar-refractivity contribution >= 4 is 44.8 Å². The largest absolute Gasteiger partial charge is 0.459 e. The third-order valence-electron chi connectivity index (χ3n) is 3.87. The predicted octanol–water partition coefficient (Wildman–Crippen LogP) is 3.01.